The van der Waals surface area contributed by atoms with Crippen molar-refractivity contribution in [1.82, 2.24) is 15.5 Å². The first-order valence-corrected chi connectivity index (χ1v) is 12.4. The van der Waals surface area contributed by atoms with Crippen LogP contribution in [0.25, 0.3) is 0 Å². The van der Waals surface area contributed by atoms with E-state index in [-0.39, 0.29) is 0 Å². The predicted molar refractivity (Wildman–Crippen MR) is 133 cm³/mol. The third-order valence-electron chi connectivity index (χ3n) is 7.45. The highest BCUT2D eigenvalue weighted by Gasteiger charge is 2.42. The van der Waals surface area contributed by atoms with Crippen molar-refractivity contribution in [2.75, 3.05) is 34.9 Å². The topological polar surface area (TPSA) is 84.1 Å². The van der Waals surface area contributed by atoms with Crippen molar-refractivity contribution in [2.24, 2.45) is 22.6 Å². The summed E-state index contributed by atoms with van der Waals surface area (Å²) in [5, 5.41) is 7.33. The van der Waals surface area contributed by atoms with Gasteiger partial charge in [0.25, 0.3) is 0 Å². The molecule has 1 aromatic rings. The van der Waals surface area contributed by atoms with Crippen LogP contribution in [-0.4, -0.2) is 51.4 Å². The molecular formula is C26H41N5O2. The van der Waals surface area contributed by atoms with Crippen molar-refractivity contribution in [1.29, 1.82) is 0 Å². The second-order valence-electron chi connectivity index (χ2n) is 10.0. The lowest BCUT2D eigenvalue weighted by molar-refractivity contribution is 0.150. The lowest BCUT2D eigenvalue weighted by Crippen LogP contribution is -2.61. The van der Waals surface area contributed by atoms with E-state index in [4.69, 9.17) is 20.2 Å². The molecular weight excluding hydrogens is 414 g/mol. The lowest BCUT2D eigenvalue weighted by atomic mass is 9.77. The van der Waals surface area contributed by atoms with Gasteiger partial charge in [0.05, 0.1) is 14.2 Å². The van der Waals surface area contributed by atoms with Gasteiger partial charge in [0, 0.05) is 43.9 Å². The van der Waals surface area contributed by atoms with Crippen LogP contribution in [-0.2, 0) is 6.54 Å². The molecule has 1 saturated carbocycles. The number of amidine groups is 1. The Morgan fingerprint density at radius 1 is 1.06 bits per heavy atom. The molecule has 7 nitrogen and oxygen atoms in total. The number of hydrogen-bond acceptors (Lipinski definition) is 7. The van der Waals surface area contributed by atoms with Crippen molar-refractivity contribution in [3.63, 3.8) is 0 Å². The van der Waals surface area contributed by atoms with E-state index in [0.29, 0.717) is 11.8 Å². The zero-order valence-corrected chi connectivity index (χ0v) is 20.7. The summed E-state index contributed by atoms with van der Waals surface area (Å²) < 4.78 is 10.8. The van der Waals surface area contributed by atoms with Crippen molar-refractivity contribution in [2.45, 2.75) is 63.7 Å². The number of benzene rings is 1. The molecule has 182 valence electrons. The van der Waals surface area contributed by atoms with Gasteiger partial charge in [-0.15, -0.1) is 0 Å². The van der Waals surface area contributed by atoms with Gasteiger partial charge in [0.2, 0.25) is 0 Å². The van der Waals surface area contributed by atoms with E-state index in [1.807, 2.05) is 6.07 Å². The van der Waals surface area contributed by atoms with Gasteiger partial charge in [-0.1, -0.05) is 0 Å². The molecule has 7 heteroatoms. The molecule has 3 aliphatic rings. The normalized spacial score (nSPS) is 27.4. The average Bonchev–Trinajstić information content (AvgIpc) is 2.83. The highest BCUT2D eigenvalue weighted by atomic mass is 16.5. The van der Waals surface area contributed by atoms with Gasteiger partial charge in [-0.25, -0.2) is 4.99 Å². The van der Waals surface area contributed by atoms with E-state index in [1.54, 1.807) is 14.2 Å². The number of likely N-dealkylation sites (N-methyl/N-ethyl adjacent to an activating group) is 1. The van der Waals surface area contributed by atoms with Gasteiger partial charge in [0.15, 0.2) is 5.79 Å². The maximum atomic E-state index is 6.95. The van der Waals surface area contributed by atoms with Crippen LogP contribution in [0.15, 0.2) is 34.5 Å². The minimum Gasteiger partial charge on any atom is -0.497 e. The van der Waals surface area contributed by atoms with Crippen LogP contribution in [0, 0.1) is 11.8 Å². The average molecular weight is 456 g/mol. The molecule has 33 heavy (non-hydrogen) atoms. The molecule has 0 spiro atoms. The molecule has 2 aliphatic carbocycles. The Morgan fingerprint density at radius 3 is 2.36 bits per heavy atom. The summed E-state index contributed by atoms with van der Waals surface area (Å²) in [6.07, 6.45) is 9.25. The number of ether oxygens (including phenoxy) is 2. The fourth-order valence-corrected chi connectivity index (χ4v) is 5.56. The number of nitrogens with zero attached hydrogens (tertiary/aromatic N) is 2. The third kappa shape index (κ3) is 5.46. The van der Waals surface area contributed by atoms with Gasteiger partial charge in [-0.3, -0.25) is 5.73 Å². The SMILES string of the molecule is COc1cc(CNCC2CCC(C3(N)N=C(N(C)C)C4=C(CCCC4)N3)CC2)cc(OC)c1. The van der Waals surface area contributed by atoms with Crippen LogP contribution in [0.2, 0.25) is 0 Å². The molecule has 1 fully saturated rings. The predicted octanol–water partition coefficient (Wildman–Crippen LogP) is 3.60. The fraction of sp³-hybridized carbons (Fsp3) is 0.654. The van der Waals surface area contributed by atoms with Crippen molar-refractivity contribution < 1.29 is 9.47 Å². The first-order chi connectivity index (χ1) is 15.9. The van der Waals surface area contributed by atoms with E-state index >= 15 is 0 Å². The Kier molecular flexibility index (Phi) is 7.49. The molecule has 1 atom stereocenters. The Labute approximate surface area is 198 Å². The fourth-order valence-electron chi connectivity index (χ4n) is 5.56. The number of nitrogens with two attached hydrogens (primary N) is 1. The van der Waals surface area contributed by atoms with Crippen molar-refractivity contribution >= 4 is 5.84 Å². The summed E-state index contributed by atoms with van der Waals surface area (Å²) in [6.45, 7) is 1.82. The standard InChI is InChI=1S/C26H41N5O2/c1-31(2)25-23-7-5-6-8-24(23)29-26(27,30-25)20-11-9-18(10-12-20)16-28-17-19-13-21(32-3)15-22(14-19)33-4/h13-15,18,20,28-29H,5-12,16-17,27H2,1-4H3. The van der Waals surface area contributed by atoms with Crippen LogP contribution in [0.1, 0.15) is 56.9 Å². The number of allylic oxidation sites excluding steroid dienone is 1. The van der Waals surface area contributed by atoms with E-state index in [9.17, 15) is 0 Å². The van der Waals surface area contributed by atoms with Gasteiger partial charge in [0.1, 0.15) is 17.3 Å². The lowest BCUT2D eigenvalue weighted by Gasteiger charge is -2.45. The number of aliphatic imine (C=N–C) groups is 1. The van der Waals surface area contributed by atoms with Crippen LogP contribution >= 0.6 is 0 Å². The zero-order chi connectivity index (χ0) is 23.4. The molecule has 0 amide bonds. The van der Waals surface area contributed by atoms with E-state index in [2.05, 4.69) is 41.8 Å². The smallest absolute Gasteiger partial charge is 0.187 e. The summed E-state index contributed by atoms with van der Waals surface area (Å²) in [4.78, 5) is 7.24. The highest BCUT2D eigenvalue weighted by Crippen LogP contribution is 2.38. The molecule has 1 aromatic carbocycles. The molecule has 1 heterocycles. The quantitative estimate of drug-likeness (QED) is 0.583. The zero-order valence-electron chi connectivity index (χ0n) is 20.7. The van der Waals surface area contributed by atoms with Crippen molar-refractivity contribution in [3.05, 3.63) is 35.0 Å². The maximum absolute atomic E-state index is 6.95. The molecule has 0 saturated heterocycles. The van der Waals surface area contributed by atoms with E-state index in [1.165, 1.54) is 42.5 Å². The number of methoxy groups -OCH3 is 2. The highest BCUT2D eigenvalue weighted by molar-refractivity contribution is 5.99. The molecule has 0 aromatic heterocycles. The Morgan fingerprint density at radius 2 is 1.73 bits per heavy atom. The second kappa shape index (κ2) is 10.3. The summed E-state index contributed by atoms with van der Waals surface area (Å²) in [7, 11) is 7.55. The van der Waals surface area contributed by atoms with Crippen LogP contribution < -0.4 is 25.8 Å². The van der Waals surface area contributed by atoms with Crippen LogP contribution in [0.5, 0.6) is 11.5 Å². The van der Waals surface area contributed by atoms with Crippen LogP contribution in [0.3, 0.4) is 0 Å². The van der Waals surface area contributed by atoms with Crippen LogP contribution in [0.4, 0.5) is 0 Å². The first-order valence-electron chi connectivity index (χ1n) is 12.4. The largest absolute Gasteiger partial charge is 0.497 e. The number of hydrogen-bond donors (Lipinski definition) is 3. The molecule has 4 N–H and O–H groups in total. The number of nitrogens with one attached hydrogen (secondary N) is 2. The minimum atomic E-state index is -0.675. The first kappa shape index (κ1) is 23.9. The Bertz CT molecular complexity index is 866. The molecule has 0 radical (unpaired) electrons. The maximum Gasteiger partial charge on any atom is 0.187 e. The van der Waals surface area contributed by atoms with Gasteiger partial charge < -0.3 is 25.0 Å². The monoisotopic (exact) mass is 455 g/mol. The number of rotatable bonds is 7. The van der Waals surface area contributed by atoms with Gasteiger partial charge >= 0.3 is 0 Å². The summed E-state index contributed by atoms with van der Waals surface area (Å²) in [5.41, 5.74) is 10.8. The molecule has 4 rings (SSSR count). The summed E-state index contributed by atoms with van der Waals surface area (Å²) in [6, 6.07) is 6.03. The Balaban J connectivity index is 1.31. The van der Waals surface area contributed by atoms with Crippen molar-refractivity contribution in [3.8, 4) is 11.5 Å². The van der Waals surface area contributed by atoms with Gasteiger partial charge in [-0.2, -0.15) is 0 Å². The Hall–Kier alpha value is -2.25. The minimum absolute atomic E-state index is 0.363. The molecule has 1 aliphatic heterocycles. The van der Waals surface area contributed by atoms with E-state index < -0.39 is 5.79 Å². The molecule has 0 bridgehead atoms. The second-order valence-corrected chi connectivity index (χ2v) is 10.0. The molecule has 1 unspecified atom stereocenters. The summed E-state index contributed by atoms with van der Waals surface area (Å²) in [5.74, 6) is 3.10. The third-order valence-corrected chi connectivity index (χ3v) is 7.45. The summed E-state index contributed by atoms with van der Waals surface area (Å²) >= 11 is 0. The van der Waals surface area contributed by atoms with E-state index in [0.717, 1.165) is 56.1 Å². The van der Waals surface area contributed by atoms with Gasteiger partial charge in [-0.05, 0) is 81.5 Å².